The zero-order chi connectivity index (χ0) is 22.4. The molecule has 0 saturated carbocycles. The molecular formula is C20H32N6O4S. The Kier molecular flexibility index (Phi) is 8.08. The summed E-state index contributed by atoms with van der Waals surface area (Å²) < 4.78 is 12.3. The molecule has 3 rings (SSSR count). The minimum atomic E-state index is -0.461. The standard InChI is InChI=1S/C20H32N6O4S/c1-4-29-20(28)25-9-7-24(8-10-25)18(27)15(3)26-13-17(14(2)23-26)22-19(31)21-12-16-6-5-11-30-16/h13,15-16H,4-12H2,1-3H3,(H2,21,22,31). The van der Waals surface area contributed by atoms with Gasteiger partial charge in [0.15, 0.2) is 5.11 Å². The molecule has 1 aromatic rings. The van der Waals surface area contributed by atoms with Crippen molar-refractivity contribution in [3.05, 3.63) is 11.9 Å². The first kappa shape index (κ1) is 23.3. The lowest BCUT2D eigenvalue weighted by atomic mass is 10.2. The van der Waals surface area contributed by atoms with Crippen LogP contribution in [0.1, 0.15) is 38.4 Å². The van der Waals surface area contributed by atoms with Crippen molar-refractivity contribution in [3.63, 3.8) is 0 Å². The first-order valence-electron chi connectivity index (χ1n) is 10.8. The molecule has 2 aliphatic heterocycles. The number of amides is 2. The first-order valence-corrected chi connectivity index (χ1v) is 11.2. The van der Waals surface area contributed by atoms with Gasteiger partial charge in [-0.25, -0.2) is 4.79 Å². The summed E-state index contributed by atoms with van der Waals surface area (Å²) in [6.07, 6.45) is 3.80. The van der Waals surface area contributed by atoms with Crippen LogP contribution in [0, 0.1) is 6.92 Å². The van der Waals surface area contributed by atoms with Crippen molar-refractivity contribution >= 4 is 35.0 Å². The number of carbonyl (C=O) groups excluding carboxylic acids is 2. The third-order valence-corrected chi connectivity index (χ3v) is 5.80. The smallest absolute Gasteiger partial charge is 0.409 e. The van der Waals surface area contributed by atoms with Gasteiger partial charge in [0.2, 0.25) is 5.91 Å². The van der Waals surface area contributed by atoms with Crippen molar-refractivity contribution in [2.45, 2.75) is 45.8 Å². The van der Waals surface area contributed by atoms with E-state index in [0.29, 0.717) is 44.4 Å². The number of aryl methyl sites for hydroxylation is 1. The topological polar surface area (TPSA) is 101 Å². The number of rotatable bonds is 6. The molecule has 2 fully saturated rings. The summed E-state index contributed by atoms with van der Waals surface area (Å²) in [5.74, 6) is -0.0309. The van der Waals surface area contributed by atoms with Gasteiger partial charge in [-0.15, -0.1) is 0 Å². The Morgan fingerprint density at radius 3 is 2.68 bits per heavy atom. The highest BCUT2D eigenvalue weighted by atomic mass is 32.1. The summed E-state index contributed by atoms with van der Waals surface area (Å²) >= 11 is 5.38. The van der Waals surface area contributed by atoms with Crippen LogP contribution in [0.25, 0.3) is 0 Å². The Hall–Kier alpha value is -2.40. The van der Waals surface area contributed by atoms with Gasteiger partial charge >= 0.3 is 6.09 Å². The van der Waals surface area contributed by atoms with Gasteiger partial charge in [-0.3, -0.25) is 9.48 Å². The van der Waals surface area contributed by atoms with Crippen LogP contribution < -0.4 is 10.6 Å². The molecule has 0 aliphatic carbocycles. The SMILES string of the molecule is CCOC(=O)N1CCN(C(=O)C(C)n2cc(NC(=S)NCC3CCCO3)c(C)n2)CC1. The molecule has 0 aromatic carbocycles. The Morgan fingerprint density at radius 1 is 1.32 bits per heavy atom. The number of nitrogens with zero attached hydrogens (tertiary/aromatic N) is 4. The predicted molar refractivity (Wildman–Crippen MR) is 120 cm³/mol. The number of thiocarbonyl (C=S) groups is 1. The molecule has 0 spiro atoms. The maximum absolute atomic E-state index is 13.0. The molecule has 0 bridgehead atoms. The third-order valence-electron chi connectivity index (χ3n) is 5.55. The van der Waals surface area contributed by atoms with Gasteiger partial charge in [0.1, 0.15) is 6.04 Å². The van der Waals surface area contributed by atoms with Crippen LogP contribution in [0.15, 0.2) is 6.20 Å². The Balaban J connectivity index is 1.51. The van der Waals surface area contributed by atoms with E-state index < -0.39 is 6.04 Å². The Labute approximate surface area is 188 Å². The van der Waals surface area contributed by atoms with E-state index in [9.17, 15) is 9.59 Å². The third kappa shape index (κ3) is 6.07. The molecule has 2 atom stereocenters. The van der Waals surface area contributed by atoms with Gasteiger partial charge in [0, 0.05) is 45.5 Å². The lowest BCUT2D eigenvalue weighted by molar-refractivity contribution is -0.136. The lowest BCUT2D eigenvalue weighted by Crippen LogP contribution is -2.52. The van der Waals surface area contributed by atoms with Gasteiger partial charge in [-0.05, 0) is 45.8 Å². The van der Waals surface area contributed by atoms with Crippen molar-refractivity contribution in [1.29, 1.82) is 0 Å². The van der Waals surface area contributed by atoms with Gasteiger partial charge in [-0.1, -0.05) is 0 Å². The highest BCUT2D eigenvalue weighted by molar-refractivity contribution is 7.80. The van der Waals surface area contributed by atoms with E-state index in [0.717, 1.165) is 30.8 Å². The second kappa shape index (κ2) is 10.8. The summed E-state index contributed by atoms with van der Waals surface area (Å²) in [4.78, 5) is 28.2. The van der Waals surface area contributed by atoms with Crippen LogP contribution in [-0.4, -0.2) is 88.7 Å². The molecule has 2 amide bonds. The van der Waals surface area contributed by atoms with Gasteiger partial charge < -0.3 is 29.9 Å². The number of anilines is 1. The molecule has 10 nitrogen and oxygen atoms in total. The second-order valence-corrected chi connectivity index (χ2v) is 8.17. The molecule has 3 heterocycles. The first-order chi connectivity index (χ1) is 14.9. The quantitative estimate of drug-likeness (QED) is 0.627. The maximum Gasteiger partial charge on any atom is 0.409 e. The summed E-state index contributed by atoms with van der Waals surface area (Å²) in [7, 11) is 0. The van der Waals surface area contributed by atoms with Crippen LogP contribution in [0.5, 0.6) is 0 Å². The largest absolute Gasteiger partial charge is 0.450 e. The molecule has 2 saturated heterocycles. The number of nitrogens with one attached hydrogen (secondary N) is 2. The van der Waals surface area contributed by atoms with Crippen LogP contribution in [0.3, 0.4) is 0 Å². The number of carbonyl (C=O) groups is 2. The molecule has 11 heteroatoms. The van der Waals surface area contributed by atoms with Crippen LogP contribution in [0.4, 0.5) is 10.5 Å². The van der Waals surface area contributed by atoms with Crippen molar-refractivity contribution in [2.24, 2.45) is 0 Å². The second-order valence-electron chi connectivity index (χ2n) is 7.77. The van der Waals surface area contributed by atoms with Gasteiger partial charge in [-0.2, -0.15) is 5.10 Å². The average Bonchev–Trinajstić information content (AvgIpc) is 3.41. The minimum absolute atomic E-state index is 0.0309. The van der Waals surface area contributed by atoms with Crippen molar-refractivity contribution < 1.29 is 19.1 Å². The van der Waals surface area contributed by atoms with Crippen LogP contribution in [-0.2, 0) is 14.3 Å². The summed E-state index contributed by atoms with van der Waals surface area (Å²) in [6, 6.07) is -0.461. The maximum atomic E-state index is 13.0. The highest BCUT2D eigenvalue weighted by Gasteiger charge is 2.29. The van der Waals surface area contributed by atoms with E-state index in [1.54, 1.807) is 27.6 Å². The molecular weight excluding hydrogens is 420 g/mol. The van der Waals surface area contributed by atoms with Crippen molar-refractivity contribution in [2.75, 3.05) is 51.3 Å². The Morgan fingerprint density at radius 2 is 2.03 bits per heavy atom. The van der Waals surface area contributed by atoms with E-state index >= 15 is 0 Å². The van der Waals surface area contributed by atoms with E-state index in [1.165, 1.54) is 0 Å². The number of hydrogen-bond donors (Lipinski definition) is 2. The zero-order valence-electron chi connectivity index (χ0n) is 18.4. The van der Waals surface area contributed by atoms with E-state index in [1.807, 2.05) is 13.8 Å². The van der Waals surface area contributed by atoms with E-state index in [2.05, 4.69) is 15.7 Å². The summed E-state index contributed by atoms with van der Waals surface area (Å²) in [6.45, 7) is 9.18. The molecule has 31 heavy (non-hydrogen) atoms. The average molecular weight is 453 g/mol. The fraction of sp³-hybridized carbons (Fsp3) is 0.700. The zero-order valence-corrected chi connectivity index (χ0v) is 19.2. The highest BCUT2D eigenvalue weighted by Crippen LogP contribution is 2.19. The predicted octanol–water partition coefficient (Wildman–Crippen LogP) is 1.52. The minimum Gasteiger partial charge on any atom is -0.450 e. The monoisotopic (exact) mass is 452 g/mol. The molecule has 2 unspecified atom stereocenters. The fourth-order valence-corrected chi connectivity index (χ4v) is 3.88. The van der Waals surface area contributed by atoms with Gasteiger partial charge in [0.25, 0.3) is 0 Å². The van der Waals surface area contributed by atoms with E-state index in [4.69, 9.17) is 21.7 Å². The molecule has 2 N–H and O–H groups in total. The molecule has 172 valence electrons. The van der Waals surface area contributed by atoms with E-state index in [-0.39, 0.29) is 18.1 Å². The number of ether oxygens (including phenoxy) is 2. The lowest BCUT2D eigenvalue weighted by Gasteiger charge is -2.35. The van der Waals surface area contributed by atoms with Crippen LogP contribution in [0.2, 0.25) is 0 Å². The molecule has 0 radical (unpaired) electrons. The summed E-state index contributed by atoms with van der Waals surface area (Å²) in [5.41, 5.74) is 1.52. The number of aromatic nitrogens is 2. The van der Waals surface area contributed by atoms with Gasteiger partial charge in [0.05, 0.1) is 24.1 Å². The van der Waals surface area contributed by atoms with Crippen molar-refractivity contribution in [1.82, 2.24) is 24.9 Å². The number of hydrogen-bond acceptors (Lipinski definition) is 6. The molecule has 1 aromatic heterocycles. The van der Waals surface area contributed by atoms with Crippen LogP contribution >= 0.6 is 12.2 Å². The van der Waals surface area contributed by atoms with Crippen molar-refractivity contribution in [3.8, 4) is 0 Å². The fourth-order valence-electron chi connectivity index (χ4n) is 3.68. The summed E-state index contributed by atoms with van der Waals surface area (Å²) in [5, 5.41) is 11.3. The normalized spacial score (nSPS) is 19.8. The number of piperazine rings is 1. The Bertz CT molecular complexity index is 787. The molecule has 2 aliphatic rings.